The van der Waals surface area contributed by atoms with Crippen molar-refractivity contribution in [3.8, 4) is 0 Å². The van der Waals surface area contributed by atoms with E-state index < -0.39 is 12.0 Å². The topological polar surface area (TPSA) is 70.1 Å². The number of nitrogens with zero attached hydrogens (tertiary/aromatic N) is 2. The summed E-state index contributed by atoms with van der Waals surface area (Å²) in [4.78, 5) is 26.1. The van der Waals surface area contributed by atoms with Gasteiger partial charge in [-0.25, -0.2) is 0 Å². The molecule has 16 heavy (non-hydrogen) atoms. The van der Waals surface area contributed by atoms with Crippen LogP contribution in [0.2, 0.25) is 0 Å². The van der Waals surface area contributed by atoms with Crippen LogP contribution < -0.4 is 0 Å². The predicted molar refractivity (Wildman–Crippen MR) is 55.0 cm³/mol. The fraction of sp³-hybridized carbons (Fsp3) is 0.800. The van der Waals surface area contributed by atoms with Gasteiger partial charge in [0.05, 0.1) is 19.8 Å². The molecule has 0 radical (unpaired) electrons. The molecule has 2 heterocycles. The normalized spacial score (nSPS) is 26.2. The molecule has 2 aliphatic heterocycles. The van der Waals surface area contributed by atoms with E-state index in [2.05, 4.69) is 0 Å². The smallest absolute Gasteiger partial charge is 0.323 e. The third-order valence-electron chi connectivity index (χ3n) is 3.07. The molecule has 0 aliphatic carbocycles. The number of carbonyl (C=O) groups excluding carboxylic acids is 1. The van der Waals surface area contributed by atoms with Crippen molar-refractivity contribution >= 4 is 11.9 Å². The molecule has 6 nitrogen and oxygen atoms in total. The van der Waals surface area contributed by atoms with Gasteiger partial charge in [-0.15, -0.1) is 0 Å². The maximum Gasteiger partial charge on any atom is 0.323 e. The first-order valence-corrected chi connectivity index (χ1v) is 5.51. The lowest BCUT2D eigenvalue weighted by Crippen LogP contribution is -2.55. The number of likely N-dealkylation sites (tertiary alicyclic amines) is 1. The van der Waals surface area contributed by atoms with Gasteiger partial charge in [-0.1, -0.05) is 0 Å². The molecule has 2 saturated heterocycles. The SMILES string of the molecule is O=C(O)C1COCCN1CC(=O)N1CCC1. The Kier molecular flexibility index (Phi) is 3.40. The highest BCUT2D eigenvalue weighted by Crippen LogP contribution is 2.11. The average Bonchev–Trinajstić information content (AvgIpc) is 2.15. The number of carboxylic acid groups (broad SMARTS) is 1. The number of hydrogen-bond acceptors (Lipinski definition) is 4. The number of rotatable bonds is 3. The van der Waals surface area contributed by atoms with E-state index >= 15 is 0 Å². The summed E-state index contributed by atoms with van der Waals surface area (Å²) in [6.45, 7) is 2.98. The molecule has 1 unspecified atom stereocenters. The lowest BCUT2D eigenvalue weighted by molar-refractivity contribution is -0.152. The molecule has 1 amide bonds. The van der Waals surface area contributed by atoms with Gasteiger partial charge in [-0.3, -0.25) is 14.5 Å². The highest BCUT2D eigenvalue weighted by Gasteiger charge is 2.32. The van der Waals surface area contributed by atoms with Crippen LogP contribution in [-0.2, 0) is 14.3 Å². The maximum absolute atomic E-state index is 11.7. The second-order valence-electron chi connectivity index (χ2n) is 4.13. The summed E-state index contributed by atoms with van der Waals surface area (Å²) in [6, 6.07) is -0.682. The largest absolute Gasteiger partial charge is 0.480 e. The lowest BCUT2D eigenvalue weighted by Gasteiger charge is -2.36. The second-order valence-corrected chi connectivity index (χ2v) is 4.13. The van der Waals surface area contributed by atoms with E-state index in [0.29, 0.717) is 13.2 Å². The Labute approximate surface area is 93.8 Å². The molecule has 0 bridgehead atoms. The van der Waals surface area contributed by atoms with Gasteiger partial charge in [0.25, 0.3) is 0 Å². The Morgan fingerprint density at radius 1 is 1.31 bits per heavy atom. The third kappa shape index (κ3) is 2.33. The number of aliphatic carboxylic acids is 1. The van der Waals surface area contributed by atoms with Gasteiger partial charge in [-0.2, -0.15) is 0 Å². The van der Waals surface area contributed by atoms with E-state index in [1.165, 1.54) is 0 Å². The van der Waals surface area contributed by atoms with Crippen LogP contribution in [0.1, 0.15) is 6.42 Å². The molecule has 0 aromatic heterocycles. The standard InChI is InChI=1S/C10H16N2O4/c13-9(11-2-1-3-11)6-12-4-5-16-7-8(12)10(14)15/h8H,1-7H2,(H,14,15). The molecular formula is C10H16N2O4. The number of morpholine rings is 1. The summed E-state index contributed by atoms with van der Waals surface area (Å²) in [5.74, 6) is -0.893. The Morgan fingerprint density at radius 3 is 2.62 bits per heavy atom. The van der Waals surface area contributed by atoms with E-state index in [1.807, 2.05) is 0 Å². The van der Waals surface area contributed by atoms with Gasteiger partial charge in [-0.05, 0) is 6.42 Å². The average molecular weight is 228 g/mol. The van der Waals surface area contributed by atoms with Crippen molar-refractivity contribution in [1.82, 2.24) is 9.80 Å². The van der Waals surface area contributed by atoms with Crippen molar-refractivity contribution in [2.45, 2.75) is 12.5 Å². The van der Waals surface area contributed by atoms with Crippen LogP contribution in [0.25, 0.3) is 0 Å². The molecule has 1 atom stereocenters. The van der Waals surface area contributed by atoms with Crippen LogP contribution in [0.4, 0.5) is 0 Å². The van der Waals surface area contributed by atoms with Crippen molar-refractivity contribution in [2.75, 3.05) is 39.4 Å². The van der Waals surface area contributed by atoms with Crippen LogP contribution >= 0.6 is 0 Å². The van der Waals surface area contributed by atoms with Gasteiger partial charge in [0, 0.05) is 19.6 Å². The molecule has 0 aromatic carbocycles. The van der Waals surface area contributed by atoms with Crippen molar-refractivity contribution in [3.63, 3.8) is 0 Å². The fourth-order valence-electron chi connectivity index (χ4n) is 1.89. The van der Waals surface area contributed by atoms with Gasteiger partial charge in [0.15, 0.2) is 0 Å². The van der Waals surface area contributed by atoms with Crippen molar-refractivity contribution in [2.24, 2.45) is 0 Å². The molecular weight excluding hydrogens is 212 g/mol. The minimum absolute atomic E-state index is 0.0272. The van der Waals surface area contributed by atoms with Crippen LogP contribution in [0, 0.1) is 0 Å². The van der Waals surface area contributed by atoms with Crippen LogP contribution in [0.5, 0.6) is 0 Å². The zero-order valence-corrected chi connectivity index (χ0v) is 9.09. The second kappa shape index (κ2) is 4.80. The molecule has 0 aromatic rings. The summed E-state index contributed by atoms with van der Waals surface area (Å²) in [5, 5.41) is 8.98. The quantitative estimate of drug-likeness (QED) is 0.671. The Morgan fingerprint density at radius 2 is 2.06 bits per heavy atom. The van der Waals surface area contributed by atoms with E-state index in [-0.39, 0.29) is 19.1 Å². The van der Waals surface area contributed by atoms with Crippen LogP contribution in [0.15, 0.2) is 0 Å². The molecule has 90 valence electrons. The highest BCUT2D eigenvalue weighted by molar-refractivity contribution is 5.80. The number of carbonyl (C=O) groups is 2. The first-order valence-electron chi connectivity index (χ1n) is 5.51. The Balaban J connectivity index is 1.90. The summed E-state index contributed by atoms with van der Waals surface area (Å²) >= 11 is 0. The third-order valence-corrected chi connectivity index (χ3v) is 3.07. The number of amides is 1. The predicted octanol–water partition coefficient (Wildman–Crippen LogP) is -0.996. The van der Waals surface area contributed by atoms with Gasteiger partial charge >= 0.3 is 5.97 Å². The Hall–Kier alpha value is -1.14. The maximum atomic E-state index is 11.7. The number of carboxylic acids is 1. The van der Waals surface area contributed by atoms with E-state index in [1.54, 1.807) is 9.80 Å². The zero-order chi connectivity index (χ0) is 11.5. The van der Waals surface area contributed by atoms with E-state index in [4.69, 9.17) is 9.84 Å². The van der Waals surface area contributed by atoms with Crippen LogP contribution in [0.3, 0.4) is 0 Å². The zero-order valence-electron chi connectivity index (χ0n) is 9.09. The van der Waals surface area contributed by atoms with Crippen molar-refractivity contribution in [3.05, 3.63) is 0 Å². The van der Waals surface area contributed by atoms with Gasteiger partial charge in [0.1, 0.15) is 6.04 Å². The van der Waals surface area contributed by atoms with Gasteiger partial charge < -0.3 is 14.7 Å². The highest BCUT2D eigenvalue weighted by atomic mass is 16.5. The van der Waals surface area contributed by atoms with E-state index in [0.717, 1.165) is 19.5 Å². The minimum Gasteiger partial charge on any atom is -0.480 e. The van der Waals surface area contributed by atoms with Crippen LogP contribution in [-0.4, -0.2) is 72.2 Å². The summed E-state index contributed by atoms with van der Waals surface area (Å²) in [5.41, 5.74) is 0. The fourth-order valence-corrected chi connectivity index (χ4v) is 1.89. The molecule has 6 heteroatoms. The monoisotopic (exact) mass is 228 g/mol. The molecule has 1 N–H and O–H groups in total. The number of ether oxygens (including phenoxy) is 1. The van der Waals surface area contributed by atoms with Crippen molar-refractivity contribution < 1.29 is 19.4 Å². The molecule has 0 saturated carbocycles. The number of hydrogen-bond donors (Lipinski definition) is 1. The minimum atomic E-state index is -0.920. The molecule has 0 spiro atoms. The lowest BCUT2D eigenvalue weighted by atomic mass is 10.2. The first-order chi connectivity index (χ1) is 7.68. The van der Waals surface area contributed by atoms with E-state index in [9.17, 15) is 9.59 Å². The summed E-state index contributed by atoms with van der Waals surface area (Å²) in [7, 11) is 0. The molecule has 2 rings (SSSR count). The summed E-state index contributed by atoms with van der Waals surface area (Å²) < 4.78 is 5.11. The Bertz CT molecular complexity index is 291. The first kappa shape index (κ1) is 11.3. The molecule has 2 aliphatic rings. The molecule has 2 fully saturated rings. The van der Waals surface area contributed by atoms with Crippen molar-refractivity contribution in [1.29, 1.82) is 0 Å². The van der Waals surface area contributed by atoms with Gasteiger partial charge in [0.2, 0.25) is 5.91 Å². The summed E-state index contributed by atoms with van der Waals surface area (Å²) in [6.07, 6.45) is 1.05.